The van der Waals surface area contributed by atoms with E-state index in [9.17, 15) is 9.18 Å². The van der Waals surface area contributed by atoms with Crippen LogP contribution in [0.4, 0.5) is 16.3 Å². The van der Waals surface area contributed by atoms with E-state index in [0.29, 0.717) is 34.0 Å². The number of aromatic amines is 1. The Kier molecular flexibility index (Phi) is 5.02. The lowest BCUT2D eigenvalue weighted by molar-refractivity contribution is 0.0691. The summed E-state index contributed by atoms with van der Waals surface area (Å²) in [4.78, 5) is 31.3. The summed E-state index contributed by atoms with van der Waals surface area (Å²) < 4.78 is 14.7. The van der Waals surface area contributed by atoms with Crippen molar-refractivity contribution >= 4 is 35.2 Å². The molecule has 0 saturated heterocycles. The van der Waals surface area contributed by atoms with Crippen LogP contribution in [0, 0.1) is 0 Å². The number of carboxylic acid groups (broad SMARTS) is 1. The molecule has 10 heteroatoms. The Morgan fingerprint density at radius 1 is 1.25 bits per heavy atom. The number of hydrogen-bond acceptors (Lipinski definition) is 6. The number of alkyl halides is 1. The number of H-pyrrole nitrogens is 1. The fourth-order valence-corrected chi connectivity index (χ4v) is 3.83. The molecular formula is C22H16ClFN6O2. The van der Waals surface area contributed by atoms with Gasteiger partial charge in [-0.15, -0.1) is 0 Å². The van der Waals surface area contributed by atoms with Crippen LogP contribution in [-0.4, -0.2) is 42.9 Å². The second kappa shape index (κ2) is 8.01. The van der Waals surface area contributed by atoms with E-state index in [4.69, 9.17) is 16.7 Å². The zero-order valence-corrected chi connectivity index (χ0v) is 17.3. The summed E-state index contributed by atoms with van der Waals surface area (Å²) in [6.07, 6.45) is 7.33. The lowest BCUT2D eigenvalue weighted by Gasteiger charge is -2.18. The molecule has 3 heterocycles. The molecule has 5 rings (SSSR count). The molecule has 3 aromatic rings. The maximum absolute atomic E-state index is 14.7. The van der Waals surface area contributed by atoms with Crippen molar-refractivity contribution in [2.24, 2.45) is 4.99 Å². The summed E-state index contributed by atoms with van der Waals surface area (Å²) in [5, 5.41) is 12.4. The van der Waals surface area contributed by atoms with E-state index in [-0.39, 0.29) is 24.1 Å². The van der Waals surface area contributed by atoms with Crippen LogP contribution in [0.5, 0.6) is 0 Å². The van der Waals surface area contributed by atoms with Crippen LogP contribution >= 0.6 is 11.6 Å². The fraction of sp³-hybridized carbons (Fsp3) is 0.136. The van der Waals surface area contributed by atoms with Crippen molar-refractivity contribution in [3.63, 3.8) is 0 Å². The van der Waals surface area contributed by atoms with Gasteiger partial charge in [-0.3, -0.25) is 10.3 Å². The predicted molar refractivity (Wildman–Crippen MR) is 118 cm³/mol. The smallest absolute Gasteiger partial charge is 0.354 e. The molecule has 2 aromatic heterocycles. The molecule has 0 spiro atoms. The number of nitrogens with zero attached hydrogens (tertiary/aromatic N) is 4. The largest absolute Gasteiger partial charge is 0.477 e. The van der Waals surface area contributed by atoms with Gasteiger partial charge in [-0.05, 0) is 12.1 Å². The number of rotatable bonds is 4. The quantitative estimate of drug-likeness (QED) is 0.539. The van der Waals surface area contributed by atoms with Crippen LogP contribution in [0.3, 0.4) is 0 Å². The van der Waals surface area contributed by atoms with Gasteiger partial charge in [0, 0.05) is 39.9 Å². The Morgan fingerprint density at radius 3 is 2.91 bits per heavy atom. The number of hydrogen-bond donors (Lipinski definition) is 3. The number of aliphatic imine (C=N–C) groups is 1. The van der Waals surface area contributed by atoms with Crippen molar-refractivity contribution in [2.75, 3.05) is 5.32 Å². The first-order chi connectivity index (χ1) is 15.5. The first kappa shape index (κ1) is 20.1. The van der Waals surface area contributed by atoms with Crippen LogP contribution in [-0.2, 0) is 6.54 Å². The number of carbonyl (C=O) groups is 1. The van der Waals surface area contributed by atoms with E-state index in [1.54, 1.807) is 30.5 Å². The SMILES string of the molecule is O=C(O)c1cnc(Nc2ncc3c(n2)-c2ccc(Cl)cc2C(C2=CC=CCC2F)=NC3)[nH]1. The molecule has 0 radical (unpaired) electrons. The zero-order valence-electron chi connectivity index (χ0n) is 16.5. The van der Waals surface area contributed by atoms with Gasteiger partial charge in [0.25, 0.3) is 0 Å². The average Bonchev–Trinajstić information content (AvgIpc) is 3.19. The molecule has 1 aromatic carbocycles. The van der Waals surface area contributed by atoms with E-state index < -0.39 is 12.1 Å². The van der Waals surface area contributed by atoms with Gasteiger partial charge in [-0.2, -0.15) is 0 Å². The van der Waals surface area contributed by atoms with Gasteiger partial charge in [0.1, 0.15) is 11.9 Å². The highest BCUT2D eigenvalue weighted by molar-refractivity contribution is 6.31. The van der Waals surface area contributed by atoms with E-state index in [1.165, 1.54) is 6.20 Å². The van der Waals surface area contributed by atoms with Gasteiger partial charge in [0.15, 0.2) is 0 Å². The van der Waals surface area contributed by atoms with Crippen LogP contribution in [0.15, 0.2) is 59.4 Å². The molecule has 160 valence electrons. The number of halogens is 2. The van der Waals surface area contributed by atoms with Crippen molar-refractivity contribution in [1.29, 1.82) is 0 Å². The molecule has 32 heavy (non-hydrogen) atoms. The molecule has 2 aliphatic rings. The molecule has 0 amide bonds. The predicted octanol–water partition coefficient (Wildman–Crippen LogP) is 4.49. The van der Waals surface area contributed by atoms with Gasteiger partial charge in [0.2, 0.25) is 11.9 Å². The van der Waals surface area contributed by atoms with Gasteiger partial charge in [-0.1, -0.05) is 35.9 Å². The number of fused-ring (bicyclic) bond motifs is 3. The molecule has 1 aliphatic carbocycles. The summed E-state index contributed by atoms with van der Waals surface area (Å²) in [6.45, 7) is 0.273. The Hall–Kier alpha value is -3.85. The molecule has 1 atom stereocenters. The monoisotopic (exact) mass is 450 g/mol. The molecule has 8 nitrogen and oxygen atoms in total. The highest BCUT2D eigenvalue weighted by Crippen LogP contribution is 2.35. The van der Waals surface area contributed by atoms with Gasteiger partial charge < -0.3 is 10.1 Å². The number of benzene rings is 1. The van der Waals surface area contributed by atoms with Crippen molar-refractivity contribution in [3.8, 4) is 11.3 Å². The summed E-state index contributed by atoms with van der Waals surface area (Å²) in [6, 6.07) is 5.34. The average molecular weight is 451 g/mol. The number of aromatic carboxylic acids is 1. The topological polar surface area (TPSA) is 116 Å². The van der Waals surface area contributed by atoms with Gasteiger partial charge in [-0.25, -0.2) is 24.1 Å². The maximum Gasteiger partial charge on any atom is 0.354 e. The second-order valence-electron chi connectivity index (χ2n) is 7.25. The van der Waals surface area contributed by atoms with Crippen LogP contribution in [0.25, 0.3) is 11.3 Å². The second-order valence-corrected chi connectivity index (χ2v) is 7.69. The number of anilines is 2. The van der Waals surface area contributed by atoms with Crippen LogP contribution in [0.1, 0.15) is 28.0 Å². The molecular weight excluding hydrogens is 435 g/mol. The number of imidazole rings is 1. The van der Waals surface area contributed by atoms with Crippen LogP contribution < -0.4 is 5.32 Å². The standard InChI is InChI=1S/C22H16ClFN6O2/c23-12-5-6-13-15(7-12)19(14-3-1-2-4-16(14)24)25-8-11-9-26-22(29-18(11)13)30-21-27-10-17(28-21)20(31)32/h1-3,5-7,9-10,16H,4,8H2,(H,31,32)(H2,26,27,28,29,30). The number of carboxylic acids is 1. The third kappa shape index (κ3) is 3.67. The first-order valence-corrected chi connectivity index (χ1v) is 10.1. The Balaban J connectivity index is 1.57. The third-order valence-electron chi connectivity index (χ3n) is 5.17. The molecule has 0 fully saturated rings. The molecule has 3 N–H and O–H groups in total. The Bertz CT molecular complexity index is 1330. The highest BCUT2D eigenvalue weighted by atomic mass is 35.5. The van der Waals surface area contributed by atoms with Crippen molar-refractivity contribution in [1.82, 2.24) is 19.9 Å². The summed E-state index contributed by atoms with van der Waals surface area (Å²) in [5.74, 6) is -0.701. The highest BCUT2D eigenvalue weighted by Gasteiger charge is 2.26. The van der Waals surface area contributed by atoms with E-state index in [2.05, 4.69) is 30.2 Å². The lowest BCUT2D eigenvalue weighted by Crippen LogP contribution is -2.17. The van der Waals surface area contributed by atoms with E-state index in [1.807, 2.05) is 12.1 Å². The van der Waals surface area contributed by atoms with Gasteiger partial charge >= 0.3 is 5.97 Å². The third-order valence-corrected chi connectivity index (χ3v) is 5.40. The summed E-state index contributed by atoms with van der Waals surface area (Å²) >= 11 is 6.28. The fourth-order valence-electron chi connectivity index (χ4n) is 3.66. The molecule has 0 bridgehead atoms. The van der Waals surface area contributed by atoms with Crippen molar-refractivity contribution in [3.05, 3.63) is 76.2 Å². The van der Waals surface area contributed by atoms with Gasteiger partial charge in [0.05, 0.1) is 24.1 Å². The first-order valence-electron chi connectivity index (χ1n) is 9.77. The number of aromatic nitrogens is 4. The minimum atomic E-state index is -1.16. The van der Waals surface area contributed by atoms with E-state index >= 15 is 0 Å². The summed E-state index contributed by atoms with van der Waals surface area (Å²) in [7, 11) is 0. The van der Waals surface area contributed by atoms with E-state index in [0.717, 1.165) is 11.1 Å². The minimum absolute atomic E-state index is 0.0594. The molecule has 1 aliphatic heterocycles. The minimum Gasteiger partial charge on any atom is -0.477 e. The lowest BCUT2D eigenvalue weighted by atomic mass is 9.90. The Labute approximate surface area is 186 Å². The number of nitrogens with one attached hydrogen (secondary N) is 2. The van der Waals surface area contributed by atoms with Crippen molar-refractivity contribution in [2.45, 2.75) is 19.1 Å². The maximum atomic E-state index is 14.7. The molecule has 0 saturated carbocycles. The normalized spacial score (nSPS) is 17.0. The zero-order chi connectivity index (χ0) is 22.2. The summed E-state index contributed by atoms with van der Waals surface area (Å²) in [5.41, 5.74) is 3.82. The number of allylic oxidation sites excluding steroid dienone is 4. The molecule has 1 unspecified atom stereocenters. The van der Waals surface area contributed by atoms with Crippen LogP contribution in [0.2, 0.25) is 5.02 Å². The Morgan fingerprint density at radius 2 is 2.12 bits per heavy atom. The van der Waals surface area contributed by atoms with Crippen molar-refractivity contribution < 1.29 is 14.3 Å².